The van der Waals surface area contributed by atoms with Gasteiger partial charge in [-0.3, -0.25) is 0 Å². The number of carbonyl (C=O) groups is 1. The summed E-state index contributed by atoms with van der Waals surface area (Å²) < 4.78 is 13.0. The molecule has 3 nitrogen and oxygen atoms in total. The van der Waals surface area contributed by atoms with Crippen molar-refractivity contribution in [3.8, 4) is 0 Å². The van der Waals surface area contributed by atoms with Crippen molar-refractivity contribution in [3.63, 3.8) is 0 Å². The topological polar surface area (TPSA) is 57.5 Å². The zero-order valence-electron chi connectivity index (χ0n) is 7.40. The minimum Gasteiger partial charge on any atom is -0.479 e. The maximum Gasteiger partial charge on any atom is 0.337 e. The van der Waals surface area contributed by atoms with Gasteiger partial charge in [0, 0.05) is 4.90 Å². The van der Waals surface area contributed by atoms with Gasteiger partial charge in [0.1, 0.15) is 5.82 Å². The molecule has 1 rings (SSSR count). The molecular formula is C9H9FO3S. The predicted molar refractivity (Wildman–Crippen MR) is 50.8 cm³/mol. The Hall–Kier alpha value is -1.07. The number of hydrogen-bond acceptors (Lipinski definition) is 3. The van der Waals surface area contributed by atoms with E-state index in [1.54, 1.807) is 6.26 Å². The monoisotopic (exact) mass is 216 g/mol. The zero-order valence-corrected chi connectivity index (χ0v) is 8.21. The summed E-state index contributed by atoms with van der Waals surface area (Å²) in [5.74, 6) is -1.76. The van der Waals surface area contributed by atoms with Crippen molar-refractivity contribution in [3.05, 3.63) is 29.6 Å². The van der Waals surface area contributed by atoms with Crippen molar-refractivity contribution in [1.29, 1.82) is 0 Å². The molecule has 0 amide bonds. The number of rotatable bonds is 3. The van der Waals surface area contributed by atoms with E-state index in [0.717, 1.165) is 17.8 Å². The van der Waals surface area contributed by atoms with E-state index in [-0.39, 0.29) is 5.56 Å². The van der Waals surface area contributed by atoms with Gasteiger partial charge in [0.2, 0.25) is 0 Å². The van der Waals surface area contributed by atoms with Crippen LogP contribution in [0.5, 0.6) is 0 Å². The fourth-order valence-electron chi connectivity index (χ4n) is 0.989. The predicted octanol–water partition coefficient (Wildman–Crippen LogP) is 1.67. The minimum atomic E-state index is -1.60. The number of carboxylic acid groups (broad SMARTS) is 1. The molecule has 1 aromatic carbocycles. The highest BCUT2D eigenvalue weighted by molar-refractivity contribution is 7.98. The molecule has 5 heteroatoms. The van der Waals surface area contributed by atoms with Crippen LogP contribution >= 0.6 is 11.8 Å². The molecular weight excluding hydrogens is 207 g/mol. The Morgan fingerprint density at radius 1 is 1.57 bits per heavy atom. The molecule has 1 atom stereocenters. The van der Waals surface area contributed by atoms with Crippen molar-refractivity contribution < 1.29 is 19.4 Å². The van der Waals surface area contributed by atoms with E-state index in [4.69, 9.17) is 5.11 Å². The van der Waals surface area contributed by atoms with E-state index >= 15 is 0 Å². The molecule has 1 unspecified atom stereocenters. The molecule has 0 aromatic heterocycles. The van der Waals surface area contributed by atoms with Gasteiger partial charge in [-0.1, -0.05) is 6.07 Å². The number of carboxylic acids is 1. The van der Waals surface area contributed by atoms with Crippen LogP contribution < -0.4 is 0 Å². The van der Waals surface area contributed by atoms with E-state index < -0.39 is 17.9 Å². The minimum absolute atomic E-state index is 0.184. The summed E-state index contributed by atoms with van der Waals surface area (Å²) in [7, 11) is 0. The normalized spacial score (nSPS) is 12.5. The number of aliphatic carboxylic acids is 1. The van der Waals surface area contributed by atoms with E-state index in [2.05, 4.69) is 0 Å². The first-order valence-electron chi connectivity index (χ1n) is 3.80. The van der Waals surface area contributed by atoms with Gasteiger partial charge < -0.3 is 10.2 Å². The third kappa shape index (κ3) is 2.24. The molecule has 0 saturated heterocycles. The summed E-state index contributed by atoms with van der Waals surface area (Å²) in [6, 6.07) is 3.74. The van der Waals surface area contributed by atoms with Crippen LogP contribution in [-0.4, -0.2) is 22.4 Å². The molecule has 0 aliphatic carbocycles. The number of aliphatic hydroxyl groups excluding tert-OH is 1. The number of hydrogen-bond donors (Lipinski definition) is 2. The van der Waals surface area contributed by atoms with E-state index in [9.17, 15) is 14.3 Å². The van der Waals surface area contributed by atoms with Gasteiger partial charge in [0.25, 0.3) is 0 Å². The van der Waals surface area contributed by atoms with E-state index in [1.165, 1.54) is 12.1 Å². The molecule has 76 valence electrons. The molecule has 0 saturated carbocycles. The second-order valence-corrected chi connectivity index (χ2v) is 3.48. The summed E-state index contributed by atoms with van der Waals surface area (Å²) in [6.07, 6.45) is 0.0801. The van der Waals surface area contributed by atoms with Gasteiger partial charge in [0.15, 0.2) is 6.10 Å². The molecule has 0 fully saturated rings. The third-order valence-corrected chi connectivity index (χ3v) is 2.48. The standard InChI is InChI=1S/C9H9FO3S/c1-14-7-4-5(2-3-6(7)10)8(11)9(12)13/h2-4,8,11H,1H3,(H,12,13). The molecule has 0 radical (unpaired) electrons. The van der Waals surface area contributed by atoms with Gasteiger partial charge in [-0.2, -0.15) is 0 Å². The second-order valence-electron chi connectivity index (χ2n) is 2.63. The van der Waals surface area contributed by atoms with Crippen LogP contribution in [0.3, 0.4) is 0 Å². The summed E-state index contributed by atoms with van der Waals surface area (Å²) >= 11 is 1.16. The fourth-order valence-corrected chi connectivity index (χ4v) is 1.51. The summed E-state index contributed by atoms with van der Waals surface area (Å²) in [5, 5.41) is 17.7. The lowest BCUT2D eigenvalue weighted by atomic mass is 10.1. The Bertz CT molecular complexity index is 354. The smallest absolute Gasteiger partial charge is 0.337 e. The first kappa shape index (κ1) is 11.0. The van der Waals surface area contributed by atoms with E-state index in [0.29, 0.717) is 4.90 Å². The van der Waals surface area contributed by atoms with Crippen LogP contribution in [-0.2, 0) is 4.79 Å². The number of benzene rings is 1. The average molecular weight is 216 g/mol. The van der Waals surface area contributed by atoms with Gasteiger partial charge >= 0.3 is 5.97 Å². The van der Waals surface area contributed by atoms with Crippen molar-refractivity contribution >= 4 is 17.7 Å². The molecule has 1 aromatic rings. The molecule has 0 aliphatic heterocycles. The Morgan fingerprint density at radius 2 is 2.21 bits per heavy atom. The van der Waals surface area contributed by atoms with Crippen molar-refractivity contribution in [2.75, 3.05) is 6.26 Å². The van der Waals surface area contributed by atoms with Crippen LogP contribution in [0.4, 0.5) is 4.39 Å². The van der Waals surface area contributed by atoms with E-state index in [1.807, 2.05) is 0 Å². The van der Waals surface area contributed by atoms with Gasteiger partial charge in [-0.05, 0) is 24.0 Å². The molecule has 0 bridgehead atoms. The van der Waals surface area contributed by atoms with Crippen molar-refractivity contribution in [1.82, 2.24) is 0 Å². The molecule has 0 heterocycles. The maximum atomic E-state index is 13.0. The highest BCUT2D eigenvalue weighted by atomic mass is 32.2. The Labute approximate surface area is 84.6 Å². The Balaban J connectivity index is 3.06. The highest BCUT2D eigenvalue weighted by Gasteiger charge is 2.16. The molecule has 0 spiro atoms. The molecule has 14 heavy (non-hydrogen) atoms. The third-order valence-electron chi connectivity index (χ3n) is 1.72. The van der Waals surface area contributed by atoms with Gasteiger partial charge in [-0.15, -0.1) is 11.8 Å². The maximum absolute atomic E-state index is 13.0. The highest BCUT2D eigenvalue weighted by Crippen LogP contribution is 2.23. The fraction of sp³-hybridized carbons (Fsp3) is 0.222. The quantitative estimate of drug-likeness (QED) is 0.754. The first-order valence-corrected chi connectivity index (χ1v) is 5.03. The van der Waals surface area contributed by atoms with Crippen LogP contribution in [0.25, 0.3) is 0 Å². The first-order chi connectivity index (χ1) is 6.56. The Kier molecular flexibility index (Phi) is 3.49. The second kappa shape index (κ2) is 4.43. The van der Waals surface area contributed by atoms with Gasteiger partial charge in [-0.25, -0.2) is 9.18 Å². The zero-order chi connectivity index (χ0) is 10.7. The van der Waals surface area contributed by atoms with Crippen LogP contribution in [0.1, 0.15) is 11.7 Å². The lowest BCUT2D eigenvalue weighted by molar-refractivity contribution is -0.146. The molecule has 0 aliphatic rings. The number of halogens is 1. The lowest BCUT2D eigenvalue weighted by Crippen LogP contribution is -2.10. The largest absolute Gasteiger partial charge is 0.479 e. The SMILES string of the molecule is CSc1cc(C(O)C(=O)O)ccc1F. The van der Waals surface area contributed by atoms with Crippen molar-refractivity contribution in [2.45, 2.75) is 11.0 Å². The lowest BCUT2D eigenvalue weighted by Gasteiger charge is -2.07. The number of aliphatic hydroxyl groups is 1. The summed E-state index contributed by atoms with van der Waals surface area (Å²) in [6.45, 7) is 0. The summed E-state index contributed by atoms with van der Waals surface area (Å²) in [4.78, 5) is 10.8. The van der Waals surface area contributed by atoms with Crippen LogP contribution in [0.15, 0.2) is 23.1 Å². The van der Waals surface area contributed by atoms with Crippen LogP contribution in [0.2, 0.25) is 0 Å². The van der Waals surface area contributed by atoms with Crippen molar-refractivity contribution in [2.24, 2.45) is 0 Å². The average Bonchev–Trinajstić information content (AvgIpc) is 2.17. The van der Waals surface area contributed by atoms with Gasteiger partial charge in [0.05, 0.1) is 0 Å². The Morgan fingerprint density at radius 3 is 2.71 bits per heavy atom. The van der Waals surface area contributed by atoms with Crippen LogP contribution in [0, 0.1) is 5.82 Å². The molecule has 2 N–H and O–H groups in total. The number of thioether (sulfide) groups is 1. The summed E-state index contributed by atoms with van der Waals surface area (Å²) in [5.41, 5.74) is 0.184.